The summed E-state index contributed by atoms with van der Waals surface area (Å²) in [5, 5.41) is 0. The summed E-state index contributed by atoms with van der Waals surface area (Å²) in [4.78, 5) is 2.15. The number of likely N-dealkylation sites (N-methyl/N-ethyl adjacent to an activating group) is 1. The second-order valence-electron chi connectivity index (χ2n) is 4.88. The van der Waals surface area contributed by atoms with Gasteiger partial charge >= 0.3 is 0 Å². The average molecular weight is 287 g/mol. The van der Waals surface area contributed by atoms with E-state index in [1.807, 2.05) is 14.0 Å². The van der Waals surface area contributed by atoms with E-state index in [9.17, 15) is 12.8 Å². The molecule has 1 saturated heterocycles. The Morgan fingerprint density at radius 3 is 2.63 bits per heavy atom. The molecule has 0 bridgehead atoms. The van der Waals surface area contributed by atoms with Crippen molar-refractivity contribution >= 4 is 15.7 Å². The number of piperazine rings is 1. The number of hydrogen-bond acceptors (Lipinski definition) is 4. The van der Waals surface area contributed by atoms with E-state index in [0.717, 1.165) is 6.07 Å². The summed E-state index contributed by atoms with van der Waals surface area (Å²) in [6, 6.07) is 3.67. The normalized spacial score (nSPS) is 22.6. The lowest BCUT2D eigenvalue weighted by molar-refractivity contribution is 0.159. The van der Waals surface area contributed by atoms with E-state index in [2.05, 4.69) is 4.90 Å². The van der Waals surface area contributed by atoms with Gasteiger partial charge in [0.2, 0.25) is 10.0 Å². The molecule has 2 N–H and O–H groups in total. The average Bonchev–Trinajstić information content (AvgIpc) is 2.35. The van der Waals surface area contributed by atoms with Gasteiger partial charge in [-0.2, -0.15) is 4.31 Å². The van der Waals surface area contributed by atoms with Gasteiger partial charge in [0.15, 0.2) is 0 Å². The van der Waals surface area contributed by atoms with E-state index in [1.54, 1.807) is 0 Å². The third-order valence-corrected chi connectivity index (χ3v) is 5.39. The van der Waals surface area contributed by atoms with Gasteiger partial charge in [-0.05, 0) is 32.2 Å². The fourth-order valence-electron chi connectivity index (χ4n) is 2.06. The van der Waals surface area contributed by atoms with Crippen LogP contribution in [0.2, 0.25) is 0 Å². The molecule has 0 amide bonds. The number of nitrogens with zero attached hydrogens (tertiary/aromatic N) is 2. The van der Waals surface area contributed by atoms with Crippen LogP contribution in [0, 0.1) is 5.82 Å². The number of rotatable bonds is 2. The standard InChI is InChI=1S/C12H18FN3O2S/c1-9-8-16(6-5-15(9)2)19(17,18)10-3-4-11(13)12(14)7-10/h3-4,7,9H,5-6,8,14H2,1-2H3. The number of benzene rings is 1. The quantitative estimate of drug-likeness (QED) is 0.815. The Hall–Kier alpha value is -1.18. The highest BCUT2D eigenvalue weighted by molar-refractivity contribution is 7.89. The second-order valence-corrected chi connectivity index (χ2v) is 6.81. The first kappa shape index (κ1) is 14.2. The van der Waals surface area contributed by atoms with Crippen LogP contribution in [0.3, 0.4) is 0 Å². The van der Waals surface area contributed by atoms with Gasteiger partial charge in [0.05, 0.1) is 10.6 Å². The first-order valence-electron chi connectivity index (χ1n) is 6.08. The molecule has 1 aromatic rings. The van der Waals surface area contributed by atoms with Gasteiger partial charge in [0, 0.05) is 25.7 Å². The van der Waals surface area contributed by atoms with E-state index < -0.39 is 15.8 Å². The van der Waals surface area contributed by atoms with Gasteiger partial charge < -0.3 is 10.6 Å². The Morgan fingerprint density at radius 2 is 2.05 bits per heavy atom. The molecular weight excluding hydrogens is 269 g/mol. The Bertz CT molecular complexity index is 576. The second kappa shape index (κ2) is 5.07. The van der Waals surface area contributed by atoms with Gasteiger partial charge in [-0.25, -0.2) is 12.8 Å². The van der Waals surface area contributed by atoms with Crippen molar-refractivity contribution in [2.75, 3.05) is 32.4 Å². The van der Waals surface area contributed by atoms with Gasteiger partial charge in [0.1, 0.15) is 5.82 Å². The van der Waals surface area contributed by atoms with E-state index in [-0.39, 0.29) is 16.6 Å². The molecule has 1 atom stereocenters. The van der Waals surface area contributed by atoms with Crippen LogP contribution in [0.1, 0.15) is 6.92 Å². The van der Waals surface area contributed by atoms with Crippen LogP contribution in [0.4, 0.5) is 10.1 Å². The zero-order chi connectivity index (χ0) is 14.2. The summed E-state index contributed by atoms with van der Waals surface area (Å²) in [6.45, 7) is 3.51. The van der Waals surface area contributed by atoms with Crippen molar-refractivity contribution in [1.82, 2.24) is 9.21 Å². The summed E-state index contributed by atoms with van der Waals surface area (Å²) in [7, 11) is -1.63. The molecule has 1 aliphatic heterocycles. The first-order chi connectivity index (χ1) is 8.82. The van der Waals surface area contributed by atoms with Gasteiger partial charge in [-0.15, -0.1) is 0 Å². The predicted molar refractivity (Wildman–Crippen MR) is 71.7 cm³/mol. The van der Waals surface area contributed by atoms with Crippen molar-refractivity contribution in [3.05, 3.63) is 24.0 Å². The maximum Gasteiger partial charge on any atom is 0.243 e. The molecule has 0 aromatic heterocycles. The van der Waals surface area contributed by atoms with E-state index in [0.29, 0.717) is 19.6 Å². The first-order valence-corrected chi connectivity index (χ1v) is 7.52. The number of halogens is 1. The molecule has 1 heterocycles. The maximum atomic E-state index is 13.1. The smallest absolute Gasteiger partial charge is 0.243 e. The minimum absolute atomic E-state index is 0.0446. The molecule has 0 saturated carbocycles. The molecule has 1 aromatic carbocycles. The fraction of sp³-hybridized carbons (Fsp3) is 0.500. The highest BCUT2D eigenvalue weighted by Gasteiger charge is 2.31. The van der Waals surface area contributed by atoms with Crippen molar-refractivity contribution < 1.29 is 12.8 Å². The number of hydrogen-bond donors (Lipinski definition) is 1. The van der Waals surface area contributed by atoms with Crippen molar-refractivity contribution in [3.8, 4) is 0 Å². The van der Waals surface area contributed by atoms with Gasteiger partial charge in [-0.1, -0.05) is 0 Å². The summed E-state index contributed by atoms with van der Waals surface area (Å²) in [6.07, 6.45) is 0. The van der Waals surface area contributed by atoms with E-state index in [4.69, 9.17) is 5.73 Å². The van der Waals surface area contributed by atoms with E-state index >= 15 is 0 Å². The van der Waals surface area contributed by atoms with Crippen LogP contribution in [-0.2, 0) is 10.0 Å². The molecule has 1 aliphatic rings. The summed E-state index contributed by atoms with van der Waals surface area (Å²) < 4.78 is 39.4. The lowest BCUT2D eigenvalue weighted by Gasteiger charge is -2.36. The largest absolute Gasteiger partial charge is 0.396 e. The van der Waals surface area contributed by atoms with Crippen LogP contribution < -0.4 is 5.73 Å². The molecule has 1 unspecified atom stereocenters. The SMILES string of the molecule is CC1CN(S(=O)(=O)c2ccc(F)c(N)c2)CCN1C. The van der Waals surface area contributed by atoms with Crippen molar-refractivity contribution in [2.24, 2.45) is 0 Å². The van der Waals surface area contributed by atoms with Crippen molar-refractivity contribution in [2.45, 2.75) is 17.9 Å². The zero-order valence-electron chi connectivity index (χ0n) is 11.0. The molecule has 2 rings (SSSR count). The van der Waals surface area contributed by atoms with Crippen LogP contribution in [0.25, 0.3) is 0 Å². The van der Waals surface area contributed by atoms with Crippen LogP contribution in [-0.4, -0.2) is 50.3 Å². The zero-order valence-corrected chi connectivity index (χ0v) is 11.8. The highest BCUT2D eigenvalue weighted by atomic mass is 32.2. The molecular formula is C12H18FN3O2S. The van der Waals surface area contributed by atoms with Gasteiger partial charge in [-0.3, -0.25) is 0 Å². The molecule has 0 spiro atoms. The Morgan fingerprint density at radius 1 is 1.37 bits per heavy atom. The lowest BCUT2D eigenvalue weighted by Crippen LogP contribution is -2.51. The number of anilines is 1. The summed E-state index contributed by atoms with van der Waals surface area (Å²) in [5.41, 5.74) is 5.28. The van der Waals surface area contributed by atoms with E-state index in [1.165, 1.54) is 16.4 Å². The summed E-state index contributed by atoms with van der Waals surface area (Å²) >= 11 is 0. The van der Waals surface area contributed by atoms with Crippen LogP contribution in [0.5, 0.6) is 0 Å². The molecule has 1 fully saturated rings. The minimum Gasteiger partial charge on any atom is -0.396 e. The highest BCUT2D eigenvalue weighted by Crippen LogP contribution is 2.22. The molecule has 0 aliphatic carbocycles. The fourth-order valence-corrected chi connectivity index (χ4v) is 3.61. The summed E-state index contributed by atoms with van der Waals surface area (Å²) in [5.74, 6) is -0.606. The Kier molecular flexibility index (Phi) is 3.80. The predicted octanol–water partition coefficient (Wildman–Crippen LogP) is 0.733. The number of sulfonamides is 1. The molecule has 7 heteroatoms. The lowest BCUT2D eigenvalue weighted by atomic mass is 10.2. The molecule has 5 nitrogen and oxygen atoms in total. The minimum atomic E-state index is -3.60. The maximum absolute atomic E-state index is 13.1. The third-order valence-electron chi connectivity index (χ3n) is 3.53. The topological polar surface area (TPSA) is 66.6 Å². The molecule has 19 heavy (non-hydrogen) atoms. The Labute approximate surface area is 112 Å². The third kappa shape index (κ3) is 2.72. The number of nitrogen functional groups attached to an aromatic ring is 1. The number of nitrogens with two attached hydrogens (primary N) is 1. The van der Waals surface area contributed by atoms with Crippen LogP contribution in [0.15, 0.2) is 23.1 Å². The Balaban J connectivity index is 2.29. The van der Waals surface area contributed by atoms with Gasteiger partial charge in [0.25, 0.3) is 0 Å². The van der Waals surface area contributed by atoms with Crippen LogP contribution >= 0.6 is 0 Å². The monoisotopic (exact) mass is 287 g/mol. The van der Waals surface area contributed by atoms with Crippen molar-refractivity contribution in [3.63, 3.8) is 0 Å². The molecule has 106 valence electrons. The molecule has 0 radical (unpaired) electrons. The van der Waals surface area contributed by atoms with Crippen molar-refractivity contribution in [1.29, 1.82) is 0 Å².